The summed E-state index contributed by atoms with van der Waals surface area (Å²) in [5.41, 5.74) is 0.275. The van der Waals surface area contributed by atoms with Crippen LogP contribution in [0.1, 0.15) is 6.92 Å². The number of carbonyl (C=O) groups excluding carboxylic acids is 1. The Morgan fingerprint density at radius 3 is 2.39 bits per heavy atom. The molecular formula is C10H21NO6P+. The smallest absolute Gasteiger partial charge is 0.329 e. The van der Waals surface area contributed by atoms with Gasteiger partial charge in [-0.3, -0.25) is 9.32 Å². The van der Waals surface area contributed by atoms with Crippen molar-refractivity contribution in [2.24, 2.45) is 0 Å². The monoisotopic (exact) mass is 282 g/mol. The topological polar surface area (TPSA) is 82.1 Å². The van der Waals surface area contributed by atoms with E-state index in [1.54, 1.807) is 0 Å². The molecule has 0 aromatic rings. The third-order valence-corrected chi connectivity index (χ3v) is 2.63. The molecule has 0 radical (unpaired) electrons. The van der Waals surface area contributed by atoms with Crippen LogP contribution in [0.2, 0.25) is 0 Å². The normalized spacial score (nSPS) is 15.2. The minimum atomic E-state index is -4.28. The van der Waals surface area contributed by atoms with E-state index in [1.165, 1.54) is 6.92 Å². The van der Waals surface area contributed by atoms with E-state index in [-0.39, 0.29) is 12.2 Å². The quantitative estimate of drug-likeness (QED) is 0.222. The number of Topliss-reactive ketones (excluding diaryl/α,β-unsaturated/α-hetero) is 1. The van der Waals surface area contributed by atoms with Gasteiger partial charge in [-0.1, -0.05) is 6.58 Å². The molecule has 0 rings (SSSR count). The van der Waals surface area contributed by atoms with Crippen molar-refractivity contribution >= 4 is 13.6 Å². The average Bonchev–Trinajstić information content (AvgIpc) is 2.14. The minimum Gasteiger partial charge on any atom is -0.329 e. The van der Waals surface area contributed by atoms with Gasteiger partial charge >= 0.3 is 7.82 Å². The van der Waals surface area contributed by atoms with Crippen molar-refractivity contribution in [2.45, 2.75) is 6.92 Å². The molecule has 0 saturated heterocycles. The first kappa shape index (κ1) is 17.4. The third-order valence-electron chi connectivity index (χ3n) is 1.83. The van der Waals surface area contributed by atoms with Crippen molar-refractivity contribution in [2.75, 3.05) is 40.9 Å². The van der Waals surface area contributed by atoms with E-state index in [0.29, 0.717) is 11.0 Å². The fraction of sp³-hybridized carbons (Fsp3) is 0.700. The number of rotatable bonds is 9. The molecule has 0 amide bonds. The molecule has 0 aromatic heterocycles. The summed E-state index contributed by atoms with van der Waals surface area (Å²) in [7, 11) is 1.45. The van der Waals surface area contributed by atoms with Crippen LogP contribution in [-0.4, -0.2) is 56.1 Å². The van der Waals surface area contributed by atoms with Gasteiger partial charge in [0.25, 0.3) is 0 Å². The van der Waals surface area contributed by atoms with Gasteiger partial charge < -0.3 is 9.38 Å². The summed E-state index contributed by atoms with van der Waals surface area (Å²) in [5.74, 6) is -0.415. The van der Waals surface area contributed by atoms with Crippen molar-refractivity contribution in [1.29, 1.82) is 0 Å². The maximum Gasteiger partial charge on any atom is 0.499 e. The Bertz CT molecular complexity index is 349. The number of quaternary nitrogens is 1. The average molecular weight is 282 g/mol. The van der Waals surface area contributed by atoms with Gasteiger partial charge in [-0.15, -0.1) is 4.67 Å². The van der Waals surface area contributed by atoms with Crippen LogP contribution in [-0.2, 0) is 23.4 Å². The van der Waals surface area contributed by atoms with Crippen LogP contribution < -0.4 is 0 Å². The Labute approximate surface area is 107 Å². The van der Waals surface area contributed by atoms with Crippen LogP contribution in [0.3, 0.4) is 0 Å². The molecule has 0 spiro atoms. The number of nitrogens with zero attached hydrogens (tertiary/aromatic N) is 1. The molecule has 0 fully saturated rings. The molecule has 7 nitrogen and oxygen atoms in total. The summed E-state index contributed by atoms with van der Waals surface area (Å²) in [4.78, 5) is 24.6. The number of phosphoric acid groups is 1. The van der Waals surface area contributed by atoms with E-state index in [1.807, 2.05) is 21.1 Å². The van der Waals surface area contributed by atoms with E-state index in [0.717, 1.165) is 0 Å². The van der Waals surface area contributed by atoms with Gasteiger partial charge in [-0.2, -0.15) is 0 Å². The van der Waals surface area contributed by atoms with E-state index < -0.39 is 20.2 Å². The molecule has 0 saturated carbocycles. The first-order valence-electron chi connectivity index (χ1n) is 5.31. The van der Waals surface area contributed by atoms with Crippen LogP contribution >= 0.6 is 7.82 Å². The van der Waals surface area contributed by atoms with Gasteiger partial charge in [0.15, 0.2) is 5.78 Å². The summed E-state index contributed by atoms with van der Waals surface area (Å²) in [6, 6.07) is 0. The maximum absolute atomic E-state index is 11.3. The fourth-order valence-electron chi connectivity index (χ4n) is 0.721. The van der Waals surface area contributed by atoms with Crippen molar-refractivity contribution in [3.63, 3.8) is 0 Å². The zero-order valence-corrected chi connectivity index (χ0v) is 12.1. The first-order chi connectivity index (χ1) is 8.03. The lowest BCUT2D eigenvalue weighted by atomic mass is 10.2. The standard InChI is InChI=1S/C10H20NO6P/c1-9(2)10(12)8-15-17-18(13,14)16-7-6-11(3,4)5/h1,6-8H2,2-5H3/p+1. The molecule has 1 N–H and O–H groups in total. The Morgan fingerprint density at radius 2 is 1.94 bits per heavy atom. The first-order valence-corrected chi connectivity index (χ1v) is 6.81. The highest BCUT2D eigenvalue weighted by molar-refractivity contribution is 7.47. The Morgan fingerprint density at radius 1 is 1.39 bits per heavy atom. The molecule has 0 aliphatic rings. The summed E-state index contributed by atoms with van der Waals surface area (Å²) < 4.78 is 20.7. The number of likely N-dealkylation sites (N-methyl/N-ethyl adjacent to an activating group) is 1. The lowest BCUT2D eigenvalue weighted by molar-refractivity contribution is -0.870. The molecular weight excluding hydrogens is 261 g/mol. The molecule has 0 aromatic carbocycles. The highest BCUT2D eigenvalue weighted by atomic mass is 31.2. The Balaban J connectivity index is 3.91. The lowest BCUT2D eigenvalue weighted by Crippen LogP contribution is -2.37. The predicted octanol–water partition coefficient (Wildman–Crippen LogP) is 0.903. The van der Waals surface area contributed by atoms with Crippen molar-refractivity contribution in [1.82, 2.24) is 0 Å². The molecule has 0 bridgehead atoms. The third kappa shape index (κ3) is 9.47. The highest BCUT2D eigenvalue weighted by Crippen LogP contribution is 2.43. The molecule has 18 heavy (non-hydrogen) atoms. The zero-order valence-electron chi connectivity index (χ0n) is 11.2. The predicted molar refractivity (Wildman–Crippen MR) is 65.5 cm³/mol. The van der Waals surface area contributed by atoms with E-state index in [9.17, 15) is 14.3 Å². The van der Waals surface area contributed by atoms with E-state index in [2.05, 4.69) is 20.7 Å². The number of carbonyl (C=O) groups is 1. The van der Waals surface area contributed by atoms with Gasteiger partial charge in [-0.25, -0.2) is 9.45 Å². The minimum absolute atomic E-state index is 0.0368. The molecule has 1 atom stereocenters. The lowest BCUT2D eigenvalue weighted by Gasteiger charge is -2.23. The van der Waals surface area contributed by atoms with Gasteiger partial charge in [0, 0.05) is 0 Å². The van der Waals surface area contributed by atoms with Gasteiger partial charge in [-0.05, 0) is 12.5 Å². The molecule has 8 heteroatoms. The van der Waals surface area contributed by atoms with Crippen molar-refractivity contribution < 1.29 is 32.8 Å². The van der Waals surface area contributed by atoms with Gasteiger partial charge in [0.2, 0.25) is 0 Å². The molecule has 106 valence electrons. The summed E-state index contributed by atoms with van der Waals surface area (Å²) in [6.45, 7) is 4.99. The summed E-state index contributed by atoms with van der Waals surface area (Å²) in [5, 5.41) is 0. The second-order valence-electron chi connectivity index (χ2n) is 4.86. The molecule has 0 aliphatic heterocycles. The van der Waals surface area contributed by atoms with Gasteiger partial charge in [0.1, 0.15) is 19.8 Å². The molecule has 1 unspecified atom stereocenters. The van der Waals surface area contributed by atoms with E-state index in [4.69, 9.17) is 0 Å². The second kappa shape index (κ2) is 7.13. The number of hydrogen-bond donors (Lipinski definition) is 1. The molecule has 0 aliphatic carbocycles. The van der Waals surface area contributed by atoms with E-state index >= 15 is 0 Å². The van der Waals surface area contributed by atoms with Crippen LogP contribution in [0.25, 0.3) is 0 Å². The maximum atomic E-state index is 11.3. The second-order valence-corrected chi connectivity index (χ2v) is 6.20. The largest absolute Gasteiger partial charge is 0.499 e. The Kier molecular flexibility index (Phi) is 6.91. The SMILES string of the molecule is C=C(C)C(=O)COOP(=O)(O)OCC[N+](C)(C)C. The number of hydrogen-bond acceptors (Lipinski definition) is 5. The van der Waals surface area contributed by atoms with Crippen LogP contribution in [0.4, 0.5) is 0 Å². The Hall–Kier alpha value is -0.560. The van der Waals surface area contributed by atoms with Crippen molar-refractivity contribution in [3.8, 4) is 0 Å². The van der Waals surface area contributed by atoms with Crippen LogP contribution in [0, 0.1) is 0 Å². The summed E-state index contributed by atoms with van der Waals surface area (Å²) in [6.07, 6.45) is 0. The van der Waals surface area contributed by atoms with Gasteiger partial charge in [0.05, 0.1) is 21.1 Å². The molecule has 0 heterocycles. The fourth-order valence-corrected chi connectivity index (χ4v) is 1.26. The van der Waals surface area contributed by atoms with Crippen LogP contribution in [0.5, 0.6) is 0 Å². The van der Waals surface area contributed by atoms with Crippen LogP contribution in [0.15, 0.2) is 12.2 Å². The zero-order chi connectivity index (χ0) is 14.4. The van der Waals surface area contributed by atoms with Crippen molar-refractivity contribution in [3.05, 3.63) is 12.2 Å². The highest BCUT2D eigenvalue weighted by Gasteiger charge is 2.24. The number of ketones is 1. The summed E-state index contributed by atoms with van der Waals surface area (Å²) >= 11 is 0. The number of phosphoric ester groups is 1.